The molecule has 0 unspecified atom stereocenters. The lowest BCUT2D eigenvalue weighted by Crippen LogP contribution is -2.63. The van der Waals surface area contributed by atoms with E-state index in [1.54, 1.807) is 0 Å². The van der Waals surface area contributed by atoms with E-state index < -0.39 is 7.67 Å². The molecule has 4 aliphatic carbocycles. The molecule has 22 heavy (non-hydrogen) atoms. The molecular weight excluding hydrogens is 342 g/mol. The van der Waals surface area contributed by atoms with Gasteiger partial charge in [-0.1, -0.05) is 0 Å². The van der Waals surface area contributed by atoms with Crippen molar-refractivity contribution < 1.29 is 9.09 Å². The lowest BCUT2D eigenvalue weighted by atomic mass is 9.48. The second-order valence-corrected chi connectivity index (χ2v) is 10.6. The maximum Gasteiger partial charge on any atom is 0.343 e. The summed E-state index contributed by atoms with van der Waals surface area (Å²) in [5.41, 5.74) is 0.232. The molecule has 4 atom stereocenters. The Morgan fingerprint density at radius 3 is 2.36 bits per heavy atom. The Labute approximate surface area is 142 Å². The van der Waals surface area contributed by atoms with Crippen molar-refractivity contribution in [2.75, 3.05) is 31.4 Å². The second kappa shape index (κ2) is 5.89. The summed E-state index contributed by atoms with van der Waals surface area (Å²) in [6, 6.07) is 0. The van der Waals surface area contributed by atoms with Gasteiger partial charge in [0, 0.05) is 36.8 Å². The summed E-state index contributed by atoms with van der Waals surface area (Å²) in [7, 11) is -3.00. The maximum atomic E-state index is 13.4. The fourth-order valence-electron chi connectivity index (χ4n) is 5.79. The molecule has 1 aliphatic heterocycles. The minimum absolute atomic E-state index is 0.167. The average molecular weight is 367 g/mol. The molecule has 4 bridgehead atoms. The third-order valence-electron chi connectivity index (χ3n) is 6.31. The Bertz CT molecular complexity index is 472. The van der Waals surface area contributed by atoms with Crippen LogP contribution >= 0.6 is 30.9 Å². The van der Waals surface area contributed by atoms with Crippen LogP contribution in [0, 0.1) is 23.2 Å². The SMILES string of the molecule is O=[P@@]1(N(CCCl)CCCl)NCC23C[C@@H]4CC(C[C@H](C4)C2)[C@@H]3O1. The molecule has 0 aromatic heterocycles. The van der Waals surface area contributed by atoms with Crippen LogP contribution in [-0.4, -0.2) is 42.2 Å². The Morgan fingerprint density at radius 1 is 1.14 bits per heavy atom. The molecule has 4 nitrogen and oxygen atoms in total. The molecule has 7 heteroatoms. The Balaban J connectivity index is 1.57. The van der Waals surface area contributed by atoms with Crippen LogP contribution in [0.25, 0.3) is 0 Å². The number of halogens is 2. The van der Waals surface area contributed by atoms with Crippen molar-refractivity contribution in [1.29, 1.82) is 0 Å². The molecule has 0 aromatic rings. The van der Waals surface area contributed by atoms with E-state index in [1.807, 2.05) is 4.67 Å². The van der Waals surface area contributed by atoms with Crippen molar-refractivity contribution in [3.63, 3.8) is 0 Å². The van der Waals surface area contributed by atoms with Gasteiger partial charge in [0.05, 0.1) is 6.10 Å². The van der Waals surface area contributed by atoms with E-state index in [9.17, 15) is 4.57 Å². The zero-order valence-electron chi connectivity index (χ0n) is 12.8. The van der Waals surface area contributed by atoms with Gasteiger partial charge in [-0.15, -0.1) is 23.2 Å². The van der Waals surface area contributed by atoms with Crippen molar-refractivity contribution in [3.8, 4) is 0 Å². The molecule has 1 heterocycles. The van der Waals surface area contributed by atoms with E-state index in [4.69, 9.17) is 27.7 Å². The van der Waals surface area contributed by atoms with Gasteiger partial charge in [0.15, 0.2) is 0 Å². The third kappa shape index (κ3) is 2.50. The van der Waals surface area contributed by atoms with Gasteiger partial charge in [-0.25, -0.2) is 9.76 Å². The van der Waals surface area contributed by atoms with Gasteiger partial charge in [-0.2, -0.15) is 0 Å². The van der Waals surface area contributed by atoms with Gasteiger partial charge < -0.3 is 4.52 Å². The number of hydrogen-bond acceptors (Lipinski definition) is 2. The van der Waals surface area contributed by atoms with Crippen molar-refractivity contribution in [3.05, 3.63) is 0 Å². The Kier molecular flexibility index (Phi) is 4.33. The summed E-state index contributed by atoms with van der Waals surface area (Å²) in [6.07, 6.45) is 6.63. The first-order valence-corrected chi connectivity index (χ1v) is 11.1. The molecule has 1 N–H and O–H groups in total. The van der Waals surface area contributed by atoms with Gasteiger partial charge in [0.25, 0.3) is 0 Å². The highest BCUT2D eigenvalue weighted by atomic mass is 35.5. The van der Waals surface area contributed by atoms with Crippen LogP contribution in [0.15, 0.2) is 0 Å². The molecule has 5 aliphatic rings. The van der Waals surface area contributed by atoms with Gasteiger partial charge in [-0.05, 0) is 49.9 Å². The number of alkyl halides is 2. The zero-order chi connectivity index (χ0) is 15.4. The topological polar surface area (TPSA) is 41.6 Å². The quantitative estimate of drug-likeness (QED) is 0.595. The highest BCUT2D eigenvalue weighted by Gasteiger charge is 2.61. The summed E-state index contributed by atoms with van der Waals surface area (Å²) in [6.45, 7) is 1.93. The van der Waals surface area contributed by atoms with Crippen LogP contribution in [0.3, 0.4) is 0 Å². The molecule has 0 aromatic carbocycles. The van der Waals surface area contributed by atoms with E-state index in [-0.39, 0.29) is 11.5 Å². The van der Waals surface area contributed by atoms with E-state index in [0.29, 0.717) is 30.8 Å². The summed E-state index contributed by atoms with van der Waals surface area (Å²) < 4.78 is 21.5. The monoisotopic (exact) mass is 366 g/mol. The van der Waals surface area contributed by atoms with Crippen LogP contribution in [0.2, 0.25) is 0 Å². The number of hydrogen-bond donors (Lipinski definition) is 1. The van der Waals surface area contributed by atoms with Gasteiger partial charge in [0.2, 0.25) is 0 Å². The molecule has 1 saturated heterocycles. The van der Waals surface area contributed by atoms with Crippen LogP contribution in [0.4, 0.5) is 0 Å². The lowest BCUT2D eigenvalue weighted by molar-refractivity contribution is -0.152. The first-order valence-electron chi connectivity index (χ1n) is 8.49. The normalized spacial score (nSPS) is 49.6. The predicted octanol–water partition coefficient (Wildman–Crippen LogP) is 3.69. The first-order chi connectivity index (χ1) is 10.6. The van der Waals surface area contributed by atoms with E-state index in [2.05, 4.69) is 5.09 Å². The van der Waals surface area contributed by atoms with Crippen molar-refractivity contribution in [2.45, 2.75) is 38.2 Å². The van der Waals surface area contributed by atoms with Crippen LogP contribution in [-0.2, 0) is 9.09 Å². The minimum atomic E-state index is -3.00. The second-order valence-electron chi connectivity index (χ2n) is 7.68. The van der Waals surface area contributed by atoms with Gasteiger partial charge in [0.1, 0.15) is 0 Å². The molecule has 1 spiro atoms. The van der Waals surface area contributed by atoms with Crippen LogP contribution in [0.5, 0.6) is 0 Å². The number of nitrogens with zero attached hydrogens (tertiary/aromatic N) is 1. The summed E-state index contributed by atoms with van der Waals surface area (Å²) in [5, 5.41) is 3.29. The molecule has 5 fully saturated rings. The van der Waals surface area contributed by atoms with E-state index in [0.717, 1.165) is 18.4 Å². The van der Waals surface area contributed by atoms with Gasteiger partial charge in [-0.3, -0.25) is 4.57 Å². The van der Waals surface area contributed by atoms with Gasteiger partial charge >= 0.3 is 7.67 Å². The summed E-state index contributed by atoms with van der Waals surface area (Å²) in [5.74, 6) is 3.23. The molecule has 5 rings (SSSR count). The fraction of sp³-hybridized carbons (Fsp3) is 1.00. The summed E-state index contributed by atoms with van der Waals surface area (Å²) in [4.78, 5) is 0. The minimum Gasteiger partial charge on any atom is -0.302 e. The Morgan fingerprint density at radius 2 is 1.77 bits per heavy atom. The first kappa shape index (κ1) is 16.2. The van der Waals surface area contributed by atoms with E-state index in [1.165, 1.54) is 32.1 Å². The van der Waals surface area contributed by atoms with Crippen LogP contribution < -0.4 is 5.09 Å². The molecule has 0 amide bonds. The molecule has 4 saturated carbocycles. The largest absolute Gasteiger partial charge is 0.343 e. The van der Waals surface area contributed by atoms with Crippen LogP contribution in [0.1, 0.15) is 32.1 Å². The lowest BCUT2D eigenvalue weighted by Gasteiger charge is -2.63. The van der Waals surface area contributed by atoms with Crippen molar-refractivity contribution >= 4 is 30.9 Å². The molecule has 126 valence electrons. The van der Waals surface area contributed by atoms with Crippen molar-refractivity contribution in [1.82, 2.24) is 9.76 Å². The predicted molar refractivity (Wildman–Crippen MR) is 89.5 cm³/mol. The molecule has 0 radical (unpaired) electrons. The number of rotatable bonds is 5. The Hall–Kier alpha value is 0.690. The fourth-order valence-corrected chi connectivity index (χ4v) is 8.79. The highest BCUT2D eigenvalue weighted by Crippen LogP contribution is 2.67. The average Bonchev–Trinajstić information content (AvgIpc) is 2.48. The molecular formula is C15H25Cl2N2O2P. The number of nitrogens with one attached hydrogen (secondary N) is 1. The summed E-state index contributed by atoms with van der Waals surface area (Å²) >= 11 is 11.8. The third-order valence-corrected chi connectivity index (χ3v) is 8.86. The van der Waals surface area contributed by atoms with E-state index >= 15 is 0 Å². The standard InChI is InChI=1S/C15H25Cl2N2O2P/c16-1-3-19(4-2-17)22(20)18-10-15-8-11-5-12(9-15)7-13(6-11)14(15)21-22/h11-14H,1-10H2,(H,18,20)/t11-,12-,13?,14-,15?,22-/m0/s1. The smallest absolute Gasteiger partial charge is 0.302 e. The van der Waals surface area contributed by atoms with Crippen molar-refractivity contribution in [2.24, 2.45) is 23.2 Å². The maximum absolute atomic E-state index is 13.4. The highest BCUT2D eigenvalue weighted by molar-refractivity contribution is 7.54. The zero-order valence-corrected chi connectivity index (χ0v) is 15.3.